The number of nitro benzene ring substituents is 1. The molecule has 0 saturated heterocycles. The van der Waals surface area contributed by atoms with Crippen LogP contribution in [0.4, 0.5) is 5.69 Å². The molecule has 0 aliphatic carbocycles. The van der Waals surface area contributed by atoms with E-state index in [1.807, 2.05) is 6.92 Å². The van der Waals surface area contributed by atoms with Crippen LogP contribution in [0.15, 0.2) is 30.3 Å². The summed E-state index contributed by atoms with van der Waals surface area (Å²) in [5, 5.41) is 22.3. The van der Waals surface area contributed by atoms with E-state index in [4.69, 9.17) is 18.9 Å². The standard InChI is InChI=1S/C19H21NO7/c1-3-4-9-25-19(21)14-10-15-18(27-11-26-15)16(17(14)20(22)23)12-5-7-13(24-2)8-6-12/h5-8,10,19,21H,3-4,9,11H2,1-2H3. The largest absolute Gasteiger partial charge is 0.497 e. The number of aliphatic hydroxyl groups excluding tert-OH is 1. The van der Waals surface area contributed by atoms with Crippen molar-refractivity contribution in [3.63, 3.8) is 0 Å². The highest BCUT2D eigenvalue weighted by molar-refractivity contribution is 5.85. The highest BCUT2D eigenvalue weighted by Crippen LogP contribution is 2.50. The van der Waals surface area contributed by atoms with Crippen molar-refractivity contribution in [2.75, 3.05) is 20.5 Å². The van der Waals surface area contributed by atoms with E-state index in [9.17, 15) is 15.2 Å². The second-order valence-corrected chi connectivity index (χ2v) is 5.99. The van der Waals surface area contributed by atoms with Crippen LogP contribution in [0.1, 0.15) is 31.6 Å². The summed E-state index contributed by atoms with van der Waals surface area (Å²) in [5.74, 6) is 1.23. The Morgan fingerprint density at radius 2 is 2.04 bits per heavy atom. The summed E-state index contributed by atoms with van der Waals surface area (Å²) < 4.78 is 21.4. The number of benzene rings is 2. The lowest BCUT2D eigenvalue weighted by Crippen LogP contribution is -2.09. The van der Waals surface area contributed by atoms with Gasteiger partial charge in [0, 0.05) is 0 Å². The van der Waals surface area contributed by atoms with Gasteiger partial charge < -0.3 is 24.1 Å². The molecule has 2 aromatic carbocycles. The van der Waals surface area contributed by atoms with Gasteiger partial charge in [-0.05, 0) is 30.2 Å². The molecule has 1 N–H and O–H groups in total. The van der Waals surface area contributed by atoms with E-state index < -0.39 is 11.2 Å². The van der Waals surface area contributed by atoms with Gasteiger partial charge in [0.1, 0.15) is 11.3 Å². The summed E-state index contributed by atoms with van der Waals surface area (Å²) in [6, 6.07) is 8.18. The van der Waals surface area contributed by atoms with E-state index in [0.717, 1.165) is 12.8 Å². The number of methoxy groups -OCH3 is 1. The Labute approximate surface area is 156 Å². The van der Waals surface area contributed by atoms with E-state index >= 15 is 0 Å². The third-order valence-electron chi connectivity index (χ3n) is 4.27. The van der Waals surface area contributed by atoms with E-state index in [1.165, 1.54) is 13.2 Å². The normalized spacial score (nSPS) is 13.4. The number of unbranched alkanes of at least 4 members (excludes halogenated alkanes) is 1. The fraction of sp³-hybridized carbons (Fsp3) is 0.368. The molecule has 1 heterocycles. The third-order valence-corrected chi connectivity index (χ3v) is 4.27. The van der Waals surface area contributed by atoms with E-state index in [0.29, 0.717) is 23.7 Å². The average molecular weight is 375 g/mol. The maximum atomic E-state index is 11.9. The highest BCUT2D eigenvalue weighted by atomic mass is 16.7. The summed E-state index contributed by atoms with van der Waals surface area (Å²) in [6.45, 7) is 2.23. The number of aliphatic hydroxyl groups is 1. The molecule has 1 atom stereocenters. The molecule has 1 aliphatic rings. The van der Waals surface area contributed by atoms with Gasteiger partial charge in [-0.1, -0.05) is 25.5 Å². The second kappa shape index (κ2) is 8.24. The first-order chi connectivity index (χ1) is 13.1. The molecule has 0 spiro atoms. The second-order valence-electron chi connectivity index (χ2n) is 5.99. The molecular weight excluding hydrogens is 354 g/mol. The maximum Gasteiger partial charge on any atom is 0.289 e. The molecule has 3 rings (SSSR count). The molecule has 27 heavy (non-hydrogen) atoms. The van der Waals surface area contributed by atoms with Gasteiger partial charge in [0.25, 0.3) is 5.69 Å². The fourth-order valence-corrected chi connectivity index (χ4v) is 2.89. The van der Waals surface area contributed by atoms with Crippen LogP contribution >= 0.6 is 0 Å². The van der Waals surface area contributed by atoms with Crippen molar-refractivity contribution in [3.05, 3.63) is 46.0 Å². The first-order valence-electron chi connectivity index (χ1n) is 8.61. The van der Waals surface area contributed by atoms with Crippen molar-refractivity contribution in [2.24, 2.45) is 0 Å². The predicted octanol–water partition coefficient (Wildman–Crippen LogP) is 3.81. The van der Waals surface area contributed by atoms with Crippen LogP contribution in [0.5, 0.6) is 17.2 Å². The molecule has 0 saturated carbocycles. The average Bonchev–Trinajstić information content (AvgIpc) is 3.15. The van der Waals surface area contributed by atoms with Gasteiger partial charge in [0.05, 0.1) is 24.2 Å². The Morgan fingerprint density at radius 1 is 1.30 bits per heavy atom. The molecule has 8 nitrogen and oxygen atoms in total. The number of nitro groups is 1. The molecule has 0 bridgehead atoms. The number of ether oxygens (including phenoxy) is 4. The molecular formula is C19H21NO7. The van der Waals surface area contributed by atoms with Crippen LogP contribution in [0.3, 0.4) is 0 Å². The lowest BCUT2D eigenvalue weighted by molar-refractivity contribution is -0.386. The van der Waals surface area contributed by atoms with Crippen LogP contribution < -0.4 is 14.2 Å². The molecule has 0 radical (unpaired) electrons. The Hall–Kier alpha value is -2.84. The van der Waals surface area contributed by atoms with Crippen LogP contribution in [0, 0.1) is 10.1 Å². The van der Waals surface area contributed by atoms with Crippen LogP contribution in [-0.2, 0) is 4.74 Å². The quantitative estimate of drug-likeness (QED) is 0.324. The minimum absolute atomic E-state index is 0.0335. The highest BCUT2D eigenvalue weighted by Gasteiger charge is 2.34. The van der Waals surface area contributed by atoms with Crippen molar-refractivity contribution >= 4 is 5.69 Å². The minimum Gasteiger partial charge on any atom is -0.497 e. The van der Waals surface area contributed by atoms with Crippen molar-refractivity contribution in [3.8, 4) is 28.4 Å². The molecule has 2 aromatic rings. The SMILES string of the molecule is CCCCOC(O)c1cc2c(c(-c3ccc(OC)cc3)c1[N+](=O)[O-])OCO2. The third kappa shape index (κ3) is 3.81. The van der Waals surface area contributed by atoms with Gasteiger partial charge in [-0.3, -0.25) is 10.1 Å². The van der Waals surface area contributed by atoms with Crippen LogP contribution in [-0.4, -0.2) is 30.5 Å². The van der Waals surface area contributed by atoms with Gasteiger partial charge >= 0.3 is 0 Å². The smallest absolute Gasteiger partial charge is 0.289 e. The first kappa shape index (κ1) is 18.9. The monoisotopic (exact) mass is 375 g/mol. The molecule has 0 aromatic heterocycles. The zero-order chi connectivity index (χ0) is 19.4. The zero-order valence-electron chi connectivity index (χ0n) is 15.1. The number of hydrogen-bond acceptors (Lipinski definition) is 7. The zero-order valence-corrected chi connectivity index (χ0v) is 15.1. The molecule has 0 amide bonds. The Bertz CT molecular complexity index is 820. The lowest BCUT2D eigenvalue weighted by atomic mass is 9.97. The van der Waals surface area contributed by atoms with Crippen molar-refractivity contribution in [2.45, 2.75) is 26.1 Å². The molecule has 8 heteroatoms. The molecule has 1 unspecified atom stereocenters. The van der Waals surface area contributed by atoms with E-state index in [2.05, 4.69) is 0 Å². The van der Waals surface area contributed by atoms with Gasteiger partial charge in [-0.15, -0.1) is 0 Å². The van der Waals surface area contributed by atoms with E-state index in [-0.39, 0.29) is 29.4 Å². The summed E-state index contributed by atoms with van der Waals surface area (Å²) in [7, 11) is 1.54. The topological polar surface area (TPSA) is 100 Å². The maximum absolute atomic E-state index is 11.9. The summed E-state index contributed by atoms with van der Waals surface area (Å²) >= 11 is 0. The van der Waals surface area contributed by atoms with Gasteiger partial charge in [0.15, 0.2) is 17.8 Å². The minimum atomic E-state index is -1.44. The summed E-state index contributed by atoms with van der Waals surface area (Å²) in [6.07, 6.45) is 0.178. The van der Waals surface area contributed by atoms with Crippen molar-refractivity contribution in [1.29, 1.82) is 0 Å². The van der Waals surface area contributed by atoms with Crippen LogP contribution in [0.2, 0.25) is 0 Å². The number of nitrogens with zero attached hydrogens (tertiary/aromatic N) is 1. The van der Waals surface area contributed by atoms with E-state index in [1.54, 1.807) is 24.3 Å². The van der Waals surface area contributed by atoms with Crippen LogP contribution in [0.25, 0.3) is 11.1 Å². The fourth-order valence-electron chi connectivity index (χ4n) is 2.89. The Kier molecular flexibility index (Phi) is 5.78. The van der Waals surface area contributed by atoms with Crippen molar-refractivity contribution < 1.29 is 29.0 Å². The first-order valence-corrected chi connectivity index (χ1v) is 8.61. The Morgan fingerprint density at radius 3 is 2.67 bits per heavy atom. The number of rotatable bonds is 8. The van der Waals surface area contributed by atoms with Gasteiger partial charge in [0.2, 0.25) is 6.79 Å². The molecule has 144 valence electrons. The summed E-state index contributed by atoms with van der Waals surface area (Å²) in [4.78, 5) is 11.4. The summed E-state index contributed by atoms with van der Waals surface area (Å²) in [5.41, 5.74) is 0.553. The van der Waals surface area contributed by atoms with Gasteiger partial charge in [-0.2, -0.15) is 0 Å². The number of fused-ring (bicyclic) bond motifs is 1. The number of hydrogen-bond donors (Lipinski definition) is 1. The predicted molar refractivity (Wildman–Crippen MR) is 97.0 cm³/mol. The van der Waals surface area contributed by atoms with Crippen molar-refractivity contribution in [1.82, 2.24) is 0 Å². The van der Waals surface area contributed by atoms with Gasteiger partial charge in [-0.25, -0.2) is 0 Å². The lowest BCUT2D eigenvalue weighted by Gasteiger charge is -2.16. The molecule has 1 aliphatic heterocycles. The molecule has 0 fully saturated rings. The Balaban J connectivity index is 2.13.